The average Bonchev–Trinajstić information content (AvgIpc) is 2.41. The van der Waals surface area contributed by atoms with Gasteiger partial charge in [0.05, 0.1) is 25.9 Å². The van der Waals surface area contributed by atoms with E-state index in [2.05, 4.69) is 5.32 Å². The first-order chi connectivity index (χ1) is 9.16. The summed E-state index contributed by atoms with van der Waals surface area (Å²) in [5.74, 6) is -0.478. The van der Waals surface area contributed by atoms with Crippen LogP contribution in [-0.2, 0) is 16.0 Å². The molecule has 1 aliphatic rings. The molecule has 0 saturated carbocycles. The summed E-state index contributed by atoms with van der Waals surface area (Å²) >= 11 is 6.09. The summed E-state index contributed by atoms with van der Waals surface area (Å²) in [6, 6.07) is 5.06. The van der Waals surface area contributed by atoms with Gasteiger partial charge in [-0.1, -0.05) is 17.7 Å². The molecule has 0 aliphatic carbocycles. The third-order valence-electron chi connectivity index (χ3n) is 2.91. The lowest BCUT2D eigenvalue weighted by molar-refractivity contribution is -0.0864. The van der Waals surface area contributed by atoms with Crippen LogP contribution in [0.5, 0.6) is 0 Å². The lowest BCUT2D eigenvalue weighted by Gasteiger charge is -2.23. The number of hydrogen-bond acceptors (Lipinski definition) is 4. The number of carbonyl (C=O) groups is 1. The van der Waals surface area contributed by atoms with Crippen molar-refractivity contribution in [2.75, 3.05) is 26.4 Å². The van der Waals surface area contributed by atoms with Gasteiger partial charge in [0.15, 0.2) is 0 Å². The van der Waals surface area contributed by atoms with Gasteiger partial charge >= 0.3 is 0 Å². The monoisotopic (exact) mass is 284 g/mol. The first kappa shape index (κ1) is 14.3. The zero-order chi connectivity index (χ0) is 13.7. The van der Waals surface area contributed by atoms with Crippen molar-refractivity contribution in [1.29, 1.82) is 0 Å². The fourth-order valence-corrected chi connectivity index (χ4v) is 2.11. The summed E-state index contributed by atoms with van der Waals surface area (Å²) in [4.78, 5) is 11.0. The molecular formula is C13H17ClN2O3. The topological polar surface area (TPSA) is 73.6 Å². The first-order valence-electron chi connectivity index (χ1n) is 6.15. The van der Waals surface area contributed by atoms with Gasteiger partial charge in [0.1, 0.15) is 0 Å². The third-order valence-corrected chi connectivity index (χ3v) is 3.26. The normalized spacial score (nSPS) is 19.3. The van der Waals surface area contributed by atoms with Gasteiger partial charge in [-0.15, -0.1) is 0 Å². The largest absolute Gasteiger partial charge is 0.376 e. The molecule has 104 valence electrons. The molecule has 1 aliphatic heterocycles. The number of carbonyl (C=O) groups excluding carboxylic acids is 1. The van der Waals surface area contributed by atoms with Crippen LogP contribution in [0, 0.1) is 0 Å². The summed E-state index contributed by atoms with van der Waals surface area (Å²) < 4.78 is 10.8. The van der Waals surface area contributed by atoms with E-state index in [0.717, 1.165) is 5.56 Å². The smallest absolute Gasteiger partial charge is 0.248 e. The predicted molar refractivity (Wildman–Crippen MR) is 72.2 cm³/mol. The minimum atomic E-state index is -0.478. The number of amides is 1. The van der Waals surface area contributed by atoms with Crippen LogP contribution in [0.2, 0.25) is 5.02 Å². The van der Waals surface area contributed by atoms with E-state index in [9.17, 15) is 4.79 Å². The quantitative estimate of drug-likeness (QED) is 0.844. The Kier molecular flexibility index (Phi) is 5.15. The summed E-state index contributed by atoms with van der Waals surface area (Å²) in [5.41, 5.74) is 6.52. The van der Waals surface area contributed by atoms with Gasteiger partial charge in [0, 0.05) is 23.7 Å². The minimum Gasteiger partial charge on any atom is -0.376 e. The minimum absolute atomic E-state index is 0.0809. The van der Waals surface area contributed by atoms with Crippen molar-refractivity contribution >= 4 is 17.5 Å². The molecule has 1 aromatic rings. The fraction of sp³-hybridized carbons (Fsp3) is 0.462. The van der Waals surface area contributed by atoms with Crippen molar-refractivity contribution in [1.82, 2.24) is 5.32 Å². The highest BCUT2D eigenvalue weighted by molar-refractivity contribution is 6.31. The third kappa shape index (κ3) is 4.18. The molecule has 1 fully saturated rings. The van der Waals surface area contributed by atoms with E-state index >= 15 is 0 Å². The Labute approximate surface area is 117 Å². The van der Waals surface area contributed by atoms with Gasteiger partial charge in [-0.05, 0) is 17.7 Å². The number of nitrogens with two attached hydrogens (primary N) is 1. The van der Waals surface area contributed by atoms with E-state index in [1.165, 1.54) is 0 Å². The highest BCUT2D eigenvalue weighted by atomic mass is 35.5. The Morgan fingerprint density at radius 2 is 2.32 bits per heavy atom. The molecule has 0 bridgehead atoms. The number of primary amides is 1. The zero-order valence-corrected chi connectivity index (χ0v) is 11.3. The van der Waals surface area contributed by atoms with Crippen molar-refractivity contribution in [3.05, 3.63) is 34.3 Å². The maximum Gasteiger partial charge on any atom is 0.248 e. The maximum absolute atomic E-state index is 11.0. The standard InChI is InChI=1S/C13H17ClN2O3/c14-12-5-9(13(15)17)1-2-10(12)6-16-7-11-8-18-3-4-19-11/h1-2,5,11,16H,3-4,6-8H2,(H2,15,17). The summed E-state index contributed by atoms with van der Waals surface area (Å²) in [5, 5.41) is 3.79. The molecular weight excluding hydrogens is 268 g/mol. The van der Waals surface area contributed by atoms with Crippen LogP contribution < -0.4 is 11.1 Å². The van der Waals surface area contributed by atoms with Crippen LogP contribution in [0.25, 0.3) is 0 Å². The Morgan fingerprint density at radius 3 is 2.95 bits per heavy atom. The summed E-state index contributed by atoms with van der Waals surface area (Å²) in [6.07, 6.45) is 0.0809. The van der Waals surface area contributed by atoms with E-state index < -0.39 is 5.91 Å². The number of halogens is 1. The molecule has 1 heterocycles. The van der Waals surface area contributed by atoms with Crippen molar-refractivity contribution in [3.63, 3.8) is 0 Å². The Morgan fingerprint density at radius 1 is 1.47 bits per heavy atom. The van der Waals surface area contributed by atoms with Crippen LogP contribution in [0.1, 0.15) is 15.9 Å². The van der Waals surface area contributed by atoms with E-state index in [4.69, 9.17) is 26.8 Å². The Hall–Kier alpha value is -1.14. The van der Waals surface area contributed by atoms with Crippen molar-refractivity contribution < 1.29 is 14.3 Å². The number of nitrogens with one attached hydrogen (secondary N) is 1. The highest BCUT2D eigenvalue weighted by Crippen LogP contribution is 2.17. The average molecular weight is 285 g/mol. The summed E-state index contributed by atoms with van der Waals surface area (Å²) in [6.45, 7) is 3.23. The molecule has 0 aromatic heterocycles. The van der Waals surface area contributed by atoms with Crippen molar-refractivity contribution in [2.45, 2.75) is 12.6 Å². The molecule has 1 aromatic carbocycles. The first-order valence-corrected chi connectivity index (χ1v) is 6.53. The van der Waals surface area contributed by atoms with Gasteiger partial charge in [-0.25, -0.2) is 0 Å². The van der Waals surface area contributed by atoms with Gasteiger partial charge in [0.25, 0.3) is 0 Å². The van der Waals surface area contributed by atoms with Gasteiger partial charge in [-0.3, -0.25) is 4.79 Å². The zero-order valence-electron chi connectivity index (χ0n) is 10.5. The van der Waals surface area contributed by atoms with Crippen molar-refractivity contribution in [3.8, 4) is 0 Å². The summed E-state index contributed by atoms with van der Waals surface area (Å²) in [7, 11) is 0. The van der Waals surface area contributed by atoms with E-state index in [1.807, 2.05) is 0 Å². The molecule has 1 unspecified atom stereocenters. The Bertz CT molecular complexity index is 448. The van der Waals surface area contributed by atoms with Crippen LogP contribution in [0.3, 0.4) is 0 Å². The van der Waals surface area contributed by atoms with Crippen molar-refractivity contribution in [2.24, 2.45) is 5.73 Å². The molecule has 19 heavy (non-hydrogen) atoms. The molecule has 2 rings (SSSR count). The lowest BCUT2D eigenvalue weighted by Crippen LogP contribution is -2.37. The van der Waals surface area contributed by atoms with Crippen LogP contribution in [0.15, 0.2) is 18.2 Å². The molecule has 1 saturated heterocycles. The Balaban J connectivity index is 1.83. The molecule has 3 N–H and O–H groups in total. The maximum atomic E-state index is 11.0. The fourth-order valence-electron chi connectivity index (χ4n) is 1.87. The second-order valence-electron chi connectivity index (χ2n) is 4.37. The number of hydrogen-bond donors (Lipinski definition) is 2. The lowest BCUT2D eigenvalue weighted by atomic mass is 10.1. The molecule has 5 nitrogen and oxygen atoms in total. The SMILES string of the molecule is NC(=O)c1ccc(CNCC2COCCO2)c(Cl)c1. The van der Waals surface area contributed by atoms with E-state index in [-0.39, 0.29) is 6.10 Å². The van der Waals surface area contributed by atoms with E-state index in [0.29, 0.717) is 43.5 Å². The molecule has 6 heteroatoms. The predicted octanol–water partition coefficient (Wildman–Crippen LogP) is 0.944. The molecule has 1 amide bonds. The van der Waals surface area contributed by atoms with Crippen LogP contribution in [0.4, 0.5) is 0 Å². The van der Waals surface area contributed by atoms with Crippen LogP contribution in [-0.4, -0.2) is 38.4 Å². The van der Waals surface area contributed by atoms with Crippen LogP contribution >= 0.6 is 11.6 Å². The van der Waals surface area contributed by atoms with Gasteiger partial charge < -0.3 is 20.5 Å². The molecule has 1 atom stereocenters. The van der Waals surface area contributed by atoms with Gasteiger partial charge in [0.2, 0.25) is 5.91 Å². The molecule has 0 radical (unpaired) electrons. The van der Waals surface area contributed by atoms with E-state index in [1.54, 1.807) is 18.2 Å². The number of ether oxygens (including phenoxy) is 2. The van der Waals surface area contributed by atoms with Gasteiger partial charge in [-0.2, -0.15) is 0 Å². The second kappa shape index (κ2) is 6.86. The number of rotatable bonds is 5. The second-order valence-corrected chi connectivity index (χ2v) is 4.78. The number of benzene rings is 1. The highest BCUT2D eigenvalue weighted by Gasteiger charge is 2.13. The molecule has 0 spiro atoms.